The zero-order valence-corrected chi connectivity index (χ0v) is 10.9. The fraction of sp³-hybridized carbons (Fsp3) is 0.923. The summed E-state index contributed by atoms with van der Waals surface area (Å²) in [6.07, 6.45) is 5.19. The number of hydrogen-bond acceptors (Lipinski definition) is 2. The van der Waals surface area contributed by atoms with Crippen LogP contribution in [0.25, 0.3) is 0 Å². The van der Waals surface area contributed by atoms with Gasteiger partial charge in [0.05, 0.1) is 0 Å². The molecule has 0 aliphatic heterocycles. The third-order valence-corrected chi connectivity index (χ3v) is 3.05. The van der Waals surface area contributed by atoms with E-state index < -0.39 is 0 Å². The van der Waals surface area contributed by atoms with E-state index in [1.165, 1.54) is 19.3 Å². The molecule has 3 heteroatoms. The molecule has 0 radical (unpaired) electrons. The standard InChI is InChI=1S/C13H26N2O/c1-10(2)13(16)15-8-4-7-14-11(3)9-12-5-6-12/h10-12,14H,4-9H2,1-3H3,(H,15,16). The van der Waals surface area contributed by atoms with Gasteiger partial charge < -0.3 is 10.6 Å². The normalized spacial score (nSPS) is 17.5. The molecule has 0 spiro atoms. The molecule has 0 aromatic carbocycles. The van der Waals surface area contributed by atoms with Crippen LogP contribution in [0, 0.1) is 11.8 Å². The summed E-state index contributed by atoms with van der Waals surface area (Å²) in [4.78, 5) is 11.3. The summed E-state index contributed by atoms with van der Waals surface area (Å²) >= 11 is 0. The second kappa shape index (κ2) is 6.89. The highest BCUT2D eigenvalue weighted by molar-refractivity contribution is 5.77. The molecule has 94 valence electrons. The molecule has 2 N–H and O–H groups in total. The highest BCUT2D eigenvalue weighted by Crippen LogP contribution is 2.33. The van der Waals surface area contributed by atoms with Crippen molar-refractivity contribution < 1.29 is 4.79 Å². The van der Waals surface area contributed by atoms with E-state index in [0.29, 0.717) is 6.04 Å². The van der Waals surface area contributed by atoms with Gasteiger partial charge in [0.25, 0.3) is 0 Å². The fourth-order valence-corrected chi connectivity index (χ4v) is 1.79. The minimum absolute atomic E-state index is 0.0988. The van der Waals surface area contributed by atoms with Crippen molar-refractivity contribution in [3.05, 3.63) is 0 Å². The van der Waals surface area contributed by atoms with E-state index in [-0.39, 0.29) is 11.8 Å². The van der Waals surface area contributed by atoms with E-state index in [2.05, 4.69) is 17.6 Å². The molecule has 3 nitrogen and oxygen atoms in total. The summed E-state index contributed by atoms with van der Waals surface area (Å²) in [5, 5.41) is 6.44. The zero-order chi connectivity index (χ0) is 12.0. The molecule has 1 aliphatic carbocycles. The Balaban J connectivity index is 1.88. The molecule has 1 unspecified atom stereocenters. The molecule has 0 aromatic heterocycles. The van der Waals surface area contributed by atoms with Gasteiger partial charge >= 0.3 is 0 Å². The molecular weight excluding hydrogens is 200 g/mol. The summed E-state index contributed by atoms with van der Waals surface area (Å²) < 4.78 is 0. The first-order chi connectivity index (χ1) is 7.59. The van der Waals surface area contributed by atoms with Gasteiger partial charge in [0, 0.05) is 18.5 Å². The number of carbonyl (C=O) groups is 1. The Kier molecular flexibility index (Phi) is 5.81. The molecule has 1 fully saturated rings. The Labute approximate surface area is 99.4 Å². The highest BCUT2D eigenvalue weighted by atomic mass is 16.1. The second-order valence-electron chi connectivity index (χ2n) is 5.33. The first-order valence-electron chi connectivity index (χ1n) is 6.60. The lowest BCUT2D eigenvalue weighted by atomic mass is 10.1. The molecule has 1 amide bonds. The highest BCUT2D eigenvalue weighted by Gasteiger charge is 2.22. The molecule has 1 saturated carbocycles. The SMILES string of the molecule is CC(CC1CC1)NCCCNC(=O)C(C)C. The van der Waals surface area contributed by atoms with Gasteiger partial charge in [-0.1, -0.05) is 26.7 Å². The Morgan fingerprint density at radius 1 is 1.25 bits per heavy atom. The molecule has 0 heterocycles. The van der Waals surface area contributed by atoms with Crippen LogP contribution in [0.1, 0.15) is 46.5 Å². The van der Waals surface area contributed by atoms with E-state index >= 15 is 0 Å². The van der Waals surface area contributed by atoms with Crippen LogP contribution in [0.4, 0.5) is 0 Å². The molecule has 1 aliphatic rings. The van der Waals surface area contributed by atoms with Crippen molar-refractivity contribution in [2.24, 2.45) is 11.8 Å². The van der Waals surface area contributed by atoms with E-state index in [4.69, 9.17) is 0 Å². The van der Waals surface area contributed by atoms with Crippen LogP contribution >= 0.6 is 0 Å². The molecule has 0 saturated heterocycles. The Morgan fingerprint density at radius 3 is 2.50 bits per heavy atom. The maximum Gasteiger partial charge on any atom is 0.222 e. The summed E-state index contributed by atoms with van der Waals surface area (Å²) in [5.41, 5.74) is 0. The Hall–Kier alpha value is -0.570. The summed E-state index contributed by atoms with van der Waals surface area (Å²) in [7, 11) is 0. The van der Waals surface area contributed by atoms with Crippen molar-refractivity contribution in [3.8, 4) is 0 Å². The van der Waals surface area contributed by atoms with E-state index in [9.17, 15) is 4.79 Å². The predicted molar refractivity (Wildman–Crippen MR) is 67.3 cm³/mol. The smallest absolute Gasteiger partial charge is 0.222 e. The molecule has 0 bridgehead atoms. The Morgan fingerprint density at radius 2 is 1.94 bits per heavy atom. The quantitative estimate of drug-likeness (QED) is 0.621. The van der Waals surface area contributed by atoms with E-state index in [1.807, 2.05) is 13.8 Å². The van der Waals surface area contributed by atoms with Gasteiger partial charge in [-0.05, 0) is 32.2 Å². The Bertz CT molecular complexity index is 212. The van der Waals surface area contributed by atoms with Crippen molar-refractivity contribution in [1.29, 1.82) is 0 Å². The van der Waals surface area contributed by atoms with Crippen LogP contribution in [-0.2, 0) is 4.79 Å². The number of hydrogen-bond donors (Lipinski definition) is 2. The van der Waals surface area contributed by atoms with Crippen molar-refractivity contribution in [3.63, 3.8) is 0 Å². The molecular formula is C13H26N2O. The average molecular weight is 226 g/mol. The number of amides is 1. The maximum atomic E-state index is 11.3. The second-order valence-corrected chi connectivity index (χ2v) is 5.33. The zero-order valence-electron chi connectivity index (χ0n) is 10.9. The van der Waals surface area contributed by atoms with Crippen LogP contribution in [0.2, 0.25) is 0 Å². The van der Waals surface area contributed by atoms with Gasteiger partial charge in [-0.25, -0.2) is 0 Å². The maximum absolute atomic E-state index is 11.3. The van der Waals surface area contributed by atoms with Crippen LogP contribution in [0.5, 0.6) is 0 Å². The number of rotatable bonds is 8. The summed E-state index contributed by atoms with van der Waals surface area (Å²) in [5.74, 6) is 1.25. The number of nitrogens with one attached hydrogen (secondary N) is 2. The van der Waals surface area contributed by atoms with Crippen LogP contribution in [0.3, 0.4) is 0 Å². The van der Waals surface area contributed by atoms with Gasteiger partial charge in [-0.2, -0.15) is 0 Å². The lowest BCUT2D eigenvalue weighted by molar-refractivity contribution is -0.123. The van der Waals surface area contributed by atoms with Crippen molar-refractivity contribution in [2.45, 2.75) is 52.5 Å². The van der Waals surface area contributed by atoms with Gasteiger partial charge in [-0.3, -0.25) is 4.79 Å². The van der Waals surface area contributed by atoms with Crippen LogP contribution < -0.4 is 10.6 Å². The van der Waals surface area contributed by atoms with Gasteiger partial charge in [0.2, 0.25) is 5.91 Å². The van der Waals surface area contributed by atoms with Crippen molar-refractivity contribution in [2.75, 3.05) is 13.1 Å². The molecule has 1 rings (SSSR count). The monoisotopic (exact) mass is 226 g/mol. The van der Waals surface area contributed by atoms with Crippen molar-refractivity contribution in [1.82, 2.24) is 10.6 Å². The van der Waals surface area contributed by atoms with Crippen molar-refractivity contribution >= 4 is 5.91 Å². The average Bonchev–Trinajstić information content (AvgIpc) is 3.00. The van der Waals surface area contributed by atoms with E-state index in [0.717, 1.165) is 25.4 Å². The summed E-state index contributed by atoms with van der Waals surface area (Å²) in [6.45, 7) is 7.90. The fourth-order valence-electron chi connectivity index (χ4n) is 1.79. The van der Waals surface area contributed by atoms with Gasteiger partial charge in [-0.15, -0.1) is 0 Å². The lowest BCUT2D eigenvalue weighted by Gasteiger charge is -2.13. The topological polar surface area (TPSA) is 41.1 Å². The minimum atomic E-state index is 0.0988. The number of carbonyl (C=O) groups excluding carboxylic acids is 1. The first kappa shape index (κ1) is 13.5. The van der Waals surface area contributed by atoms with Crippen LogP contribution in [0.15, 0.2) is 0 Å². The van der Waals surface area contributed by atoms with Crippen LogP contribution in [-0.4, -0.2) is 25.0 Å². The first-order valence-corrected chi connectivity index (χ1v) is 6.60. The summed E-state index contributed by atoms with van der Waals surface area (Å²) in [6, 6.07) is 0.633. The van der Waals surface area contributed by atoms with Gasteiger partial charge in [0.1, 0.15) is 0 Å². The predicted octanol–water partition coefficient (Wildman–Crippen LogP) is 1.93. The third-order valence-electron chi connectivity index (χ3n) is 3.05. The largest absolute Gasteiger partial charge is 0.356 e. The van der Waals surface area contributed by atoms with Gasteiger partial charge in [0.15, 0.2) is 0 Å². The van der Waals surface area contributed by atoms with E-state index in [1.54, 1.807) is 0 Å². The molecule has 0 aromatic rings. The molecule has 16 heavy (non-hydrogen) atoms. The molecule has 1 atom stereocenters. The minimum Gasteiger partial charge on any atom is -0.356 e. The third kappa shape index (κ3) is 6.11. The lowest BCUT2D eigenvalue weighted by Crippen LogP contribution is -2.32.